The number of β-amino-alcohol motifs (C(OH)–C–C–N with tert-alkyl or cyclic N) is 1. The van der Waals surface area contributed by atoms with E-state index in [1.807, 2.05) is 30.3 Å². The molecule has 4 nitrogen and oxygen atoms in total. The molecule has 1 atom stereocenters. The summed E-state index contributed by atoms with van der Waals surface area (Å²) in [5.74, 6) is 0. The number of nitrogens with zero attached hydrogens (tertiary/aromatic N) is 1. The van der Waals surface area contributed by atoms with Crippen molar-refractivity contribution >= 4 is 6.09 Å². The van der Waals surface area contributed by atoms with Crippen LogP contribution in [0.5, 0.6) is 0 Å². The molecule has 2 rings (SSSR count). The fourth-order valence-corrected chi connectivity index (χ4v) is 2.34. The summed E-state index contributed by atoms with van der Waals surface area (Å²) in [5.41, 5.74) is 0.167. The van der Waals surface area contributed by atoms with Crippen LogP contribution in [0.2, 0.25) is 0 Å². The SMILES string of the molecule is CC1(O)CCCCN(C(=O)OCc2ccccc2)C1. The van der Waals surface area contributed by atoms with Gasteiger partial charge in [-0.2, -0.15) is 0 Å². The Kier molecular flexibility index (Phi) is 4.43. The third-order valence-corrected chi connectivity index (χ3v) is 3.39. The highest BCUT2D eigenvalue weighted by Gasteiger charge is 2.29. The first-order valence-corrected chi connectivity index (χ1v) is 6.75. The summed E-state index contributed by atoms with van der Waals surface area (Å²) in [6, 6.07) is 9.61. The normalized spacial score (nSPS) is 23.8. The Labute approximate surface area is 114 Å². The highest BCUT2D eigenvalue weighted by atomic mass is 16.6. The van der Waals surface area contributed by atoms with E-state index in [-0.39, 0.29) is 12.7 Å². The molecule has 1 aliphatic rings. The number of amides is 1. The van der Waals surface area contributed by atoms with Gasteiger partial charge in [-0.1, -0.05) is 30.3 Å². The molecule has 19 heavy (non-hydrogen) atoms. The molecule has 1 aromatic rings. The van der Waals surface area contributed by atoms with Gasteiger partial charge in [0.25, 0.3) is 0 Å². The van der Waals surface area contributed by atoms with Crippen molar-refractivity contribution in [1.82, 2.24) is 4.90 Å². The van der Waals surface area contributed by atoms with Gasteiger partial charge in [0.15, 0.2) is 0 Å². The van der Waals surface area contributed by atoms with Crippen LogP contribution in [0.25, 0.3) is 0 Å². The first-order chi connectivity index (χ1) is 9.07. The highest BCUT2D eigenvalue weighted by Crippen LogP contribution is 2.20. The molecule has 1 aromatic carbocycles. The van der Waals surface area contributed by atoms with Gasteiger partial charge in [-0.3, -0.25) is 0 Å². The Morgan fingerprint density at radius 1 is 1.37 bits per heavy atom. The predicted octanol–water partition coefficient (Wildman–Crippen LogP) is 2.56. The molecule has 0 spiro atoms. The van der Waals surface area contributed by atoms with E-state index in [0.29, 0.717) is 13.1 Å². The van der Waals surface area contributed by atoms with Crippen LogP contribution < -0.4 is 0 Å². The van der Waals surface area contributed by atoms with Crippen LogP contribution in [0.1, 0.15) is 31.7 Å². The first kappa shape index (κ1) is 13.9. The van der Waals surface area contributed by atoms with Crippen molar-refractivity contribution < 1.29 is 14.6 Å². The molecule has 0 bridgehead atoms. The summed E-state index contributed by atoms with van der Waals surface area (Å²) in [7, 11) is 0. The van der Waals surface area contributed by atoms with E-state index in [1.54, 1.807) is 11.8 Å². The number of ether oxygens (including phenoxy) is 1. The van der Waals surface area contributed by atoms with Crippen LogP contribution in [-0.4, -0.2) is 34.8 Å². The van der Waals surface area contributed by atoms with Gasteiger partial charge in [-0.05, 0) is 31.7 Å². The van der Waals surface area contributed by atoms with Crippen LogP contribution in [0.15, 0.2) is 30.3 Å². The quantitative estimate of drug-likeness (QED) is 0.892. The number of aliphatic hydroxyl groups is 1. The Balaban J connectivity index is 1.88. The van der Waals surface area contributed by atoms with Crippen molar-refractivity contribution in [3.05, 3.63) is 35.9 Å². The minimum atomic E-state index is -0.803. The van der Waals surface area contributed by atoms with Gasteiger partial charge >= 0.3 is 6.09 Å². The zero-order valence-electron chi connectivity index (χ0n) is 11.3. The lowest BCUT2D eigenvalue weighted by Crippen LogP contribution is -2.42. The number of hydrogen-bond donors (Lipinski definition) is 1. The van der Waals surface area contributed by atoms with Gasteiger partial charge < -0.3 is 14.7 Å². The Morgan fingerprint density at radius 3 is 2.84 bits per heavy atom. The van der Waals surface area contributed by atoms with Gasteiger partial charge in [-0.15, -0.1) is 0 Å². The van der Waals surface area contributed by atoms with Crippen LogP contribution in [-0.2, 0) is 11.3 Å². The zero-order valence-corrected chi connectivity index (χ0v) is 11.3. The molecule has 1 amide bonds. The Morgan fingerprint density at radius 2 is 2.11 bits per heavy atom. The van der Waals surface area contributed by atoms with E-state index in [2.05, 4.69) is 0 Å². The van der Waals surface area contributed by atoms with Gasteiger partial charge in [0.2, 0.25) is 0 Å². The molecule has 1 saturated heterocycles. The second kappa shape index (κ2) is 6.06. The molecule has 1 fully saturated rings. The van der Waals surface area contributed by atoms with Crippen LogP contribution >= 0.6 is 0 Å². The lowest BCUT2D eigenvalue weighted by molar-refractivity contribution is 0.0175. The topological polar surface area (TPSA) is 49.8 Å². The third-order valence-electron chi connectivity index (χ3n) is 3.39. The second-order valence-electron chi connectivity index (χ2n) is 5.42. The van der Waals surface area contributed by atoms with E-state index in [0.717, 1.165) is 24.8 Å². The maximum Gasteiger partial charge on any atom is 0.410 e. The Hall–Kier alpha value is -1.55. The smallest absolute Gasteiger partial charge is 0.410 e. The Bertz CT molecular complexity index is 417. The summed E-state index contributed by atoms with van der Waals surface area (Å²) >= 11 is 0. The highest BCUT2D eigenvalue weighted by molar-refractivity contribution is 5.67. The van der Waals surface area contributed by atoms with Crippen molar-refractivity contribution in [3.63, 3.8) is 0 Å². The number of carbonyl (C=O) groups excluding carboxylic acids is 1. The van der Waals surface area contributed by atoms with Crippen molar-refractivity contribution in [3.8, 4) is 0 Å². The summed E-state index contributed by atoms with van der Waals surface area (Å²) < 4.78 is 5.29. The fraction of sp³-hybridized carbons (Fsp3) is 0.533. The molecule has 0 radical (unpaired) electrons. The van der Waals surface area contributed by atoms with Crippen LogP contribution in [0, 0.1) is 0 Å². The molecule has 1 unspecified atom stereocenters. The molecule has 104 valence electrons. The number of likely N-dealkylation sites (tertiary alicyclic amines) is 1. The minimum Gasteiger partial charge on any atom is -0.445 e. The molecule has 1 aliphatic heterocycles. The van der Waals surface area contributed by atoms with Gasteiger partial charge in [0.1, 0.15) is 6.61 Å². The summed E-state index contributed by atoms with van der Waals surface area (Å²) in [5, 5.41) is 10.1. The monoisotopic (exact) mass is 263 g/mol. The van der Waals surface area contributed by atoms with Gasteiger partial charge in [-0.25, -0.2) is 4.79 Å². The molecule has 1 N–H and O–H groups in total. The molecule has 0 aliphatic carbocycles. The van der Waals surface area contributed by atoms with E-state index in [4.69, 9.17) is 4.74 Å². The summed E-state index contributed by atoms with van der Waals surface area (Å²) in [4.78, 5) is 13.6. The lowest BCUT2D eigenvalue weighted by Gasteiger charge is -2.27. The maximum atomic E-state index is 12.0. The lowest BCUT2D eigenvalue weighted by atomic mass is 10.0. The summed E-state index contributed by atoms with van der Waals surface area (Å²) in [6.45, 7) is 3.05. The third kappa shape index (κ3) is 4.24. The van der Waals surface area contributed by atoms with Crippen molar-refractivity contribution in [2.75, 3.05) is 13.1 Å². The molecule has 4 heteroatoms. The van der Waals surface area contributed by atoms with Crippen LogP contribution in [0.3, 0.4) is 0 Å². The first-order valence-electron chi connectivity index (χ1n) is 6.75. The average molecular weight is 263 g/mol. The fourth-order valence-electron chi connectivity index (χ4n) is 2.34. The van der Waals surface area contributed by atoms with Crippen molar-refractivity contribution in [1.29, 1.82) is 0 Å². The van der Waals surface area contributed by atoms with E-state index in [1.165, 1.54) is 0 Å². The largest absolute Gasteiger partial charge is 0.445 e. The summed E-state index contributed by atoms with van der Waals surface area (Å²) in [6.07, 6.45) is 2.24. The van der Waals surface area contributed by atoms with Crippen molar-refractivity contribution in [2.45, 2.75) is 38.4 Å². The maximum absolute atomic E-state index is 12.0. The number of carbonyl (C=O) groups is 1. The second-order valence-corrected chi connectivity index (χ2v) is 5.42. The van der Waals surface area contributed by atoms with Gasteiger partial charge in [0, 0.05) is 6.54 Å². The van der Waals surface area contributed by atoms with E-state index < -0.39 is 5.60 Å². The number of hydrogen-bond acceptors (Lipinski definition) is 3. The molecule has 0 aromatic heterocycles. The van der Waals surface area contributed by atoms with Gasteiger partial charge in [0.05, 0.1) is 12.1 Å². The van der Waals surface area contributed by atoms with Crippen molar-refractivity contribution in [2.24, 2.45) is 0 Å². The minimum absolute atomic E-state index is 0.276. The zero-order chi connectivity index (χ0) is 13.7. The van der Waals surface area contributed by atoms with E-state index >= 15 is 0 Å². The van der Waals surface area contributed by atoms with Crippen LogP contribution in [0.4, 0.5) is 4.79 Å². The molecular formula is C15H21NO3. The molecule has 0 saturated carbocycles. The number of rotatable bonds is 2. The average Bonchev–Trinajstić information content (AvgIpc) is 2.58. The van der Waals surface area contributed by atoms with E-state index in [9.17, 15) is 9.90 Å². The molecule has 1 heterocycles. The number of benzene rings is 1. The standard InChI is InChI=1S/C15H21NO3/c1-15(18)9-5-6-10-16(12-15)14(17)19-11-13-7-3-2-4-8-13/h2-4,7-8,18H,5-6,9-12H2,1H3. The molecular weight excluding hydrogens is 242 g/mol. The predicted molar refractivity (Wildman–Crippen MR) is 72.7 cm³/mol.